The third kappa shape index (κ3) is 4.00. The minimum atomic E-state index is 0.296. The molecule has 1 atom stereocenters. The van der Waals surface area contributed by atoms with Crippen LogP contribution in [0.5, 0.6) is 11.5 Å². The predicted octanol–water partition coefficient (Wildman–Crippen LogP) is 2.07. The molecule has 0 radical (unpaired) electrons. The fourth-order valence-electron chi connectivity index (χ4n) is 2.13. The normalized spacial score (nSPS) is 12.6. The maximum Gasteiger partial charge on any atom is 0.162 e. The van der Waals surface area contributed by atoms with Gasteiger partial charge in [-0.15, -0.1) is 0 Å². The summed E-state index contributed by atoms with van der Waals surface area (Å²) < 4.78 is 10.5. The molecule has 108 valence electrons. The quantitative estimate of drug-likeness (QED) is 0.805. The van der Waals surface area contributed by atoms with Crippen LogP contribution in [0.1, 0.15) is 12.5 Å². The van der Waals surface area contributed by atoms with Crippen LogP contribution in [0.25, 0.3) is 0 Å². The van der Waals surface area contributed by atoms with E-state index in [1.165, 1.54) is 0 Å². The van der Waals surface area contributed by atoms with E-state index in [1.54, 1.807) is 20.3 Å². The Labute approximate surface area is 120 Å². The van der Waals surface area contributed by atoms with Gasteiger partial charge in [-0.1, -0.05) is 18.5 Å². The molecular formula is C14H23ClN2O2. The molecule has 19 heavy (non-hydrogen) atoms. The van der Waals surface area contributed by atoms with Gasteiger partial charge < -0.3 is 20.9 Å². The highest BCUT2D eigenvalue weighted by atomic mass is 35.5. The summed E-state index contributed by atoms with van der Waals surface area (Å²) in [5.41, 5.74) is 12.5. The standard InChI is InChI=1S/C14H23ClN2O2/c1-9(11(7-16)8-17)4-10-5-13(18-2)14(19-3)6-12(10)15/h5-6,9,11H,4,7-8,16-17H2,1-3H3. The van der Waals surface area contributed by atoms with Crippen molar-refractivity contribution in [3.05, 3.63) is 22.7 Å². The van der Waals surface area contributed by atoms with Gasteiger partial charge in [0.05, 0.1) is 14.2 Å². The van der Waals surface area contributed by atoms with Crippen molar-refractivity contribution in [1.82, 2.24) is 0 Å². The zero-order valence-corrected chi connectivity index (χ0v) is 12.5. The average Bonchev–Trinajstić information content (AvgIpc) is 2.41. The van der Waals surface area contributed by atoms with Gasteiger partial charge in [-0.25, -0.2) is 0 Å². The van der Waals surface area contributed by atoms with Crippen LogP contribution in [0.15, 0.2) is 12.1 Å². The molecule has 1 aromatic carbocycles. The molecule has 5 heteroatoms. The molecule has 4 nitrogen and oxygen atoms in total. The van der Waals surface area contributed by atoms with Crippen molar-refractivity contribution in [3.8, 4) is 11.5 Å². The van der Waals surface area contributed by atoms with Crippen LogP contribution in [0.4, 0.5) is 0 Å². The molecule has 0 aliphatic rings. The number of halogens is 1. The van der Waals surface area contributed by atoms with E-state index < -0.39 is 0 Å². The predicted molar refractivity (Wildman–Crippen MR) is 79.0 cm³/mol. The van der Waals surface area contributed by atoms with E-state index in [1.807, 2.05) is 6.07 Å². The van der Waals surface area contributed by atoms with Crippen LogP contribution < -0.4 is 20.9 Å². The highest BCUT2D eigenvalue weighted by molar-refractivity contribution is 6.31. The van der Waals surface area contributed by atoms with Gasteiger partial charge in [-0.3, -0.25) is 0 Å². The summed E-state index contributed by atoms with van der Waals surface area (Å²) >= 11 is 6.27. The van der Waals surface area contributed by atoms with Crippen LogP contribution in [-0.4, -0.2) is 27.3 Å². The number of hydrogen-bond donors (Lipinski definition) is 2. The van der Waals surface area contributed by atoms with E-state index in [-0.39, 0.29) is 0 Å². The number of hydrogen-bond acceptors (Lipinski definition) is 4. The molecule has 0 spiro atoms. The molecule has 1 rings (SSSR count). The van der Waals surface area contributed by atoms with E-state index in [0.717, 1.165) is 12.0 Å². The lowest BCUT2D eigenvalue weighted by molar-refractivity contribution is 0.351. The number of rotatable bonds is 7. The Balaban J connectivity index is 2.95. The van der Waals surface area contributed by atoms with Gasteiger partial charge in [0.15, 0.2) is 11.5 Å². The molecule has 0 aliphatic heterocycles. The van der Waals surface area contributed by atoms with Gasteiger partial charge in [0.2, 0.25) is 0 Å². The Hall–Kier alpha value is -0.970. The zero-order chi connectivity index (χ0) is 14.4. The zero-order valence-electron chi connectivity index (χ0n) is 11.8. The minimum absolute atomic E-state index is 0.296. The Kier molecular flexibility index (Phi) is 6.42. The number of methoxy groups -OCH3 is 2. The summed E-state index contributed by atoms with van der Waals surface area (Å²) in [6.07, 6.45) is 0.818. The fourth-order valence-corrected chi connectivity index (χ4v) is 2.36. The van der Waals surface area contributed by atoms with Gasteiger partial charge >= 0.3 is 0 Å². The summed E-state index contributed by atoms with van der Waals surface area (Å²) in [5.74, 6) is 1.99. The van der Waals surface area contributed by atoms with E-state index in [4.69, 9.17) is 32.5 Å². The van der Waals surface area contributed by atoms with Gasteiger partial charge in [0.1, 0.15) is 0 Å². The maximum absolute atomic E-state index is 6.27. The highest BCUT2D eigenvalue weighted by Gasteiger charge is 2.18. The van der Waals surface area contributed by atoms with Gasteiger partial charge in [-0.05, 0) is 43.0 Å². The Bertz CT molecular complexity index is 409. The van der Waals surface area contributed by atoms with Gasteiger partial charge in [0.25, 0.3) is 0 Å². The second kappa shape index (κ2) is 7.58. The van der Waals surface area contributed by atoms with Crippen LogP contribution in [-0.2, 0) is 6.42 Å². The van der Waals surface area contributed by atoms with E-state index in [9.17, 15) is 0 Å². The van der Waals surface area contributed by atoms with Crippen molar-refractivity contribution in [1.29, 1.82) is 0 Å². The molecular weight excluding hydrogens is 264 g/mol. The van der Waals surface area contributed by atoms with Crippen molar-refractivity contribution < 1.29 is 9.47 Å². The molecule has 1 aromatic rings. The van der Waals surface area contributed by atoms with E-state index in [2.05, 4.69) is 6.92 Å². The SMILES string of the molecule is COc1cc(Cl)c(CC(C)C(CN)CN)cc1OC. The first-order chi connectivity index (χ1) is 9.07. The van der Waals surface area contributed by atoms with E-state index >= 15 is 0 Å². The molecule has 1 unspecified atom stereocenters. The number of benzene rings is 1. The summed E-state index contributed by atoms with van der Waals surface area (Å²) in [6, 6.07) is 3.70. The van der Waals surface area contributed by atoms with Crippen LogP contribution in [0, 0.1) is 11.8 Å². The van der Waals surface area contributed by atoms with Crippen molar-refractivity contribution >= 4 is 11.6 Å². The Morgan fingerprint density at radius 3 is 2.11 bits per heavy atom. The topological polar surface area (TPSA) is 70.5 Å². The third-order valence-corrected chi connectivity index (χ3v) is 3.86. The average molecular weight is 287 g/mol. The molecule has 0 saturated heterocycles. The molecule has 0 aromatic heterocycles. The first kappa shape index (κ1) is 16.1. The molecule has 0 bridgehead atoms. The van der Waals surface area contributed by atoms with Gasteiger partial charge in [0, 0.05) is 11.1 Å². The smallest absolute Gasteiger partial charge is 0.162 e. The summed E-state index contributed by atoms with van der Waals surface area (Å²) in [7, 11) is 3.21. The lowest BCUT2D eigenvalue weighted by Gasteiger charge is -2.22. The van der Waals surface area contributed by atoms with Crippen LogP contribution in [0.2, 0.25) is 5.02 Å². The Morgan fingerprint density at radius 2 is 1.63 bits per heavy atom. The molecule has 0 saturated carbocycles. The lowest BCUT2D eigenvalue weighted by atomic mass is 9.88. The second-order valence-electron chi connectivity index (χ2n) is 4.71. The van der Waals surface area contributed by atoms with Crippen molar-refractivity contribution in [2.75, 3.05) is 27.3 Å². The summed E-state index contributed by atoms with van der Waals surface area (Å²) in [4.78, 5) is 0. The fraction of sp³-hybridized carbons (Fsp3) is 0.571. The van der Waals surface area contributed by atoms with Crippen LogP contribution in [0.3, 0.4) is 0 Å². The monoisotopic (exact) mass is 286 g/mol. The Morgan fingerprint density at radius 1 is 1.11 bits per heavy atom. The van der Waals surface area contributed by atoms with Crippen molar-refractivity contribution in [2.24, 2.45) is 23.3 Å². The van der Waals surface area contributed by atoms with Crippen LogP contribution >= 0.6 is 11.6 Å². The molecule has 0 aliphatic carbocycles. The third-order valence-electron chi connectivity index (χ3n) is 3.50. The van der Waals surface area contributed by atoms with Crippen molar-refractivity contribution in [2.45, 2.75) is 13.3 Å². The molecule has 4 N–H and O–H groups in total. The molecule has 0 amide bonds. The second-order valence-corrected chi connectivity index (χ2v) is 5.12. The first-order valence-corrected chi connectivity index (χ1v) is 6.75. The number of nitrogens with two attached hydrogens (primary N) is 2. The van der Waals surface area contributed by atoms with Gasteiger partial charge in [-0.2, -0.15) is 0 Å². The number of ether oxygens (including phenoxy) is 2. The van der Waals surface area contributed by atoms with E-state index in [0.29, 0.717) is 41.4 Å². The maximum atomic E-state index is 6.27. The highest BCUT2D eigenvalue weighted by Crippen LogP contribution is 2.34. The van der Waals surface area contributed by atoms with Crippen molar-refractivity contribution in [3.63, 3.8) is 0 Å². The lowest BCUT2D eigenvalue weighted by Crippen LogP contribution is -2.30. The molecule has 0 heterocycles. The first-order valence-electron chi connectivity index (χ1n) is 6.37. The summed E-state index contributed by atoms with van der Waals surface area (Å²) in [6.45, 7) is 3.31. The molecule has 0 fully saturated rings. The minimum Gasteiger partial charge on any atom is -0.493 e. The largest absolute Gasteiger partial charge is 0.493 e. The summed E-state index contributed by atoms with van der Waals surface area (Å²) in [5, 5.41) is 0.678.